The summed E-state index contributed by atoms with van der Waals surface area (Å²) in [5.74, 6) is 0.169. The number of aromatic nitrogens is 2. The van der Waals surface area contributed by atoms with Gasteiger partial charge in [-0.05, 0) is 69.3 Å². The van der Waals surface area contributed by atoms with Gasteiger partial charge in [0.25, 0.3) is 17.4 Å². The van der Waals surface area contributed by atoms with Crippen molar-refractivity contribution in [1.29, 1.82) is 0 Å². The monoisotopic (exact) mass is 462 g/mol. The van der Waals surface area contributed by atoms with E-state index in [9.17, 15) is 14.4 Å². The fourth-order valence-corrected chi connectivity index (χ4v) is 6.69. The Balaban J connectivity index is 1.37. The molecule has 2 aliphatic heterocycles. The Kier molecular flexibility index (Phi) is 5.14. The number of fused-ring (bicyclic) bond motifs is 4. The van der Waals surface area contributed by atoms with Gasteiger partial charge in [-0.3, -0.25) is 28.8 Å². The van der Waals surface area contributed by atoms with Gasteiger partial charge in [-0.2, -0.15) is 0 Å². The molecule has 2 amide bonds. The van der Waals surface area contributed by atoms with Gasteiger partial charge in [0, 0.05) is 18.0 Å². The highest BCUT2D eigenvalue weighted by Gasteiger charge is 2.35. The van der Waals surface area contributed by atoms with Crippen molar-refractivity contribution >= 4 is 33.4 Å². The van der Waals surface area contributed by atoms with Gasteiger partial charge < -0.3 is 0 Å². The fourth-order valence-electron chi connectivity index (χ4n) is 5.41. The molecule has 2 aromatic heterocycles. The van der Waals surface area contributed by atoms with Crippen LogP contribution in [0.2, 0.25) is 0 Å². The largest absolute Gasteiger partial charge is 0.296 e. The molecule has 1 fully saturated rings. The van der Waals surface area contributed by atoms with Crippen molar-refractivity contribution in [2.45, 2.75) is 51.6 Å². The van der Waals surface area contributed by atoms with Crippen LogP contribution in [0.15, 0.2) is 29.1 Å². The molecule has 7 nitrogen and oxygen atoms in total. The van der Waals surface area contributed by atoms with Gasteiger partial charge in [0.1, 0.15) is 10.7 Å². The van der Waals surface area contributed by atoms with Crippen LogP contribution in [0.1, 0.15) is 62.7 Å². The van der Waals surface area contributed by atoms with Crippen LogP contribution in [-0.2, 0) is 25.9 Å². The Hall–Kier alpha value is -2.84. The number of rotatable bonds is 5. The smallest absolute Gasteiger partial charge is 0.262 e. The summed E-state index contributed by atoms with van der Waals surface area (Å²) in [7, 11) is 0. The molecule has 33 heavy (non-hydrogen) atoms. The van der Waals surface area contributed by atoms with Gasteiger partial charge in [0.15, 0.2) is 0 Å². The number of carbonyl (C=O) groups is 2. The van der Waals surface area contributed by atoms with E-state index in [0.29, 0.717) is 17.7 Å². The lowest BCUT2D eigenvalue weighted by molar-refractivity contribution is 0.0647. The number of thiophene rings is 1. The summed E-state index contributed by atoms with van der Waals surface area (Å²) >= 11 is 1.67. The van der Waals surface area contributed by atoms with E-state index >= 15 is 0 Å². The number of amides is 2. The van der Waals surface area contributed by atoms with Crippen molar-refractivity contribution in [3.63, 3.8) is 0 Å². The summed E-state index contributed by atoms with van der Waals surface area (Å²) in [6.07, 6.45) is 6.53. The molecule has 3 aromatic rings. The van der Waals surface area contributed by atoms with E-state index < -0.39 is 0 Å². The standard InChI is InChI=1S/C25H26N4O3S/c30-23-16-7-1-2-8-17(16)24(31)29(23)14-13-28-20(15-27-11-5-6-12-27)26-22-21(25(28)32)18-9-3-4-10-19(18)33-22/h1-2,7-8H,3-6,9-15H2. The maximum Gasteiger partial charge on any atom is 0.262 e. The lowest BCUT2D eigenvalue weighted by Crippen LogP contribution is -2.37. The lowest BCUT2D eigenvalue weighted by atomic mass is 9.97. The van der Waals surface area contributed by atoms with Gasteiger partial charge in [-0.15, -0.1) is 11.3 Å². The van der Waals surface area contributed by atoms with Gasteiger partial charge >= 0.3 is 0 Å². The Bertz CT molecular complexity index is 1300. The molecule has 6 rings (SSSR count). The van der Waals surface area contributed by atoms with Crippen LogP contribution in [0.25, 0.3) is 10.2 Å². The SMILES string of the molecule is O=C1c2ccccc2C(=O)N1CCn1c(CN2CCCC2)nc2sc3c(c2c1=O)CCCC3. The number of hydrogen-bond donors (Lipinski definition) is 0. The Labute approximate surface area is 195 Å². The number of hydrogen-bond acceptors (Lipinski definition) is 6. The summed E-state index contributed by atoms with van der Waals surface area (Å²) in [4.78, 5) is 50.2. The minimum absolute atomic E-state index is 0.0230. The molecule has 0 saturated carbocycles. The van der Waals surface area contributed by atoms with Crippen molar-refractivity contribution in [2.24, 2.45) is 0 Å². The molecule has 1 aromatic carbocycles. The number of aryl methyl sites for hydroxylation is 2. The second kappa shape index (κ2) is 8.18. The first-order valence-corrected chi connectivity index (χ1v) is 12.6. The highest BCUT2D eigenvalue weighted by Crippen LogP contribution is 2.34. The van der Waals surface area contributed by atoms with Crippen LogP contribution in [0, 0.1) is 0 Å². The summed E-state index contributed by atoms with van der Waals surface area (Å²) in [6.45, 7) is 3.07. The van der Waals surface area contributed by atoms with Crippen molar-refractivity contribution in [3.8, 4) is 0 Å². The van der Waals surface area contributed by atoms with E-state index in [4.69, 9.17) is 4.98 Å². The summed E-state index contributed by atoms with van der Waals surface area (Å²) in [5, 5.41) is 0.752. The lowest BCUT2D eigenvalue weighted by Gasteiger charge is -2.20. The zero-order chi connectivity index (χ0) is 22.5. The normalized spacial score (nSPS) is 18.4. The maximum atomic E-state index is 13.8. The van der Waals surface area contributed by atoms with Gasteiger partial charge in [0.05, 0.1) is 23.1 Å². The molecule has 0 spiro atoms. The van der Waals surface area contributed by atoms with Crippen LogP contribution in [0.3, 0.4) is 0 Å². The predicted molar refractivity (Wildman–Crippen MR) is 127 cm³/mol. The van der Waals surface area contributed by atoms with Crippen molar-refractivity contribution in [2.75, 3.05) is 19.6 Å². The molecule has 4 heterocycles. The Morgan fingerprint density at radius 2 is 1.58 bits per heavy atom. The molecule has 1 saturated heterocycles. The quantitative estimate of drug-likeness (QED) is 0.544. The van der Waals surface area contributed by atoms with E-state index in [1.165, 1.54) is 15.3 Å². The minimum Gasteiger partial charge on any atom is -0.296 e. The van der Waals surface area contributed by atoms with Crippen molar-refractivity contribution in [1.82, 2.24) is 19.4 Å². The van der Waals surface area contributed by atoms with Gasteiger partial charge in [0.2, 0.25) is 0 Å². The number of benzene rings is 1. The molecule has 8 heteroatoms. The average molecular weight is 463 g/mol. The molecular formula is C25H26N4O3S. The highest BCUT2D eigenvalue weighted by atomic mass is 32.1. The predicted octanol–water partition coefficient (Wildman–Crippen LogP) is 3.23. The van der Waals surface area contributed by atoms with E-state index in [1.807, 2.05) is 0 Å². The first-order valence-electron chi connectivity index (χ1n) is 11.8. The molecule has 3 aliphatic rings. The fraction of sp³-hybridized carbons (Fsp3) is 0.440. The third-order valence-corrected chi connectivity index (χ3v) is 8.33. The Morgan fingerprint density at radius 3 is 2.30 bits per heavy atom. The van der Waals surface area contributed by atoms with Crippen LogP contribution in [-0.4, -0.2) is 50.8 Å². The second-order valence-corrected chi connectivity index (χ2v) is 10.3. The minimum atomic E-state index is -0.285. The average Bonchev–Trinajstić information content (AvgIpc) is 3.52. The van der Waals surface area contributed by atoms with Crippen molar-refractivity contribution < 1.29 is 9.59 Å². The zero-order valence-electron chi connectivity index (χ0n) is 18.5. The molecule has 0 atom stereocenters. The molecule has 0 bridgehead atoms. The van der Waals surface area contributed by atoms with E-state index in [0.717, 1.165) is 67.7 Å². The van der Waals surface area contributed by atoms with Gasteiger partial charge in [-0.1, -0.05) is 12.1 Å². The van der Waals surface area contributed by atoms with Crippen LogP contribution < -0.4 is 5.56 Å². The maximum absolute atomic E-state index is 13.8. The number of carbonyl (C=O) groups excluding carboxylic acids is 2. The number of nitrogens with zero attached hydrogens (tertiary/aromatic N) is 4. The first kappa shape index (κ1) is 20.7. The third-order valence-electron chi connectivity index (χ3n) is 7.14. The highest BCUT2D eigenvalue weighted by molar-refractivity contribution is 7.18. The zero-order valence-corrected chi connectivity index (χ0v) is 19.3. The van der Waals surface area contributed by atoms with E-state index in [-0.39, 0.29) is 30.5 Å². The summed E-state index contributed by atoms with van der Waals surface area (Å²) in [6, 6.07) is 6.91. The van der Waals surface area contributed by atoms with Gasteiger partial charge in [-0.25, -0.2) is 4.98 Å². The number of imide groups is 1. The molecular weight excluding hydrogens is 436 g/mol. The molecule has 170 valence electrons. The molecule has 0 unspecified atom stereocenters. The molecule has 1 aliphatic carbocycles. The Morgan fingerprint density at radius 1 is 0.879 bits per heavy atom. The first-order chi connectivity index (χ1) is 16.1. The summed E-state index contributed by atoms with van der Waals surface area (Å²) in [5.41, 5.74) is 2.02. The van der Waals surface area contributed by atoms with Crippen molar-refractivity contribution in [3.05, 3.63) is 62.0 Å². The number of likely N-dealkylation sites (tertiary alicyclic amines) is 1. The van der Waals surface area contributed by atoms with Crippen LogP contribution in [0.4, 0.5) is 0 Å². The van der Waals surface area contributed by atoms with E-state index in [1.54, 1.807) is 40.2 Å². The molecule has 0 radical (unpaired) electrons. The van der Waals surface area contributed by atoms with E-state index in [2.05, 4.69) is 4.90 Å². The summed E-state index contributed by atoms with van der Waals surface area (Å²) < 4.78 is 1.73. The second-order valence-electron chi connectivity index (χ2n) is 9.17. The van der Waals surface area contributed by atoms with Crippen LogP contribution >= 0.6 is 11.3 Å². The third kappa shape index (κ3) is 3.43. The van der Waals surface area contributed by atoms with Crippen LogP contribution in [0.5, 0.6) is 0 Å². The molecule has 0 N–H and O–H groups in total. The topological polar surface area (TPSA) is 75.5 Å².